The molecule has 1 unspecified atom stereocenters. The van der Waals surface area contributed by atoms with Crippen LogP contribution in [-0.2, 0) is 14.8 Å². The van der Waals surface area contributed by atoms with Gasteiger partial charge in [-0.05, 0) is 39.0 Å². The van der Waals surface area contributed by atoms with E-state index in [9.17, 15) is 13.5 Å². The first kappa shape index (κ1) is 23.5. The van der Waals surface area contributed by atoms with Gasteiger partial charge in [0.2, 0.25) is 10.0 Å². The van der Waals surface area contributed by atoms with Crippen LogP contribution >= 0.6 is 11.6 Å². The number of ether oxygens (including phenoxy) is 1. The summed E-state index contributed by atoms with van der Waals surface area (Å²) < 4.78 is 32.8. The van der Waals surface area contributed by atoms with Gasteiger partial charge in [-0.15, -0.1) is 0 Å². The highest BCUT2D eigenvalue weighted by atomic mass is 35.5. The third-order valence-corrected chi connectivity index (χ3v) is 6.16. The fraction of sp³-hybridized carbons (Fsp3) is 0.684. The van der Waals surface area contributed by atoms with E-state index in [2.05, 4.69) is 14.5 Å². The van der Waals surface area contributed by atoms with Crippen molar-refractivity contribution in [3.8, 4) is 0 Å². The molecule has 0 aliphatic carbocycles. The third-order valence-electron chi connectivity index (χ3n) is 4.47. The fourth-order valence-electron chi connectivity index (χ4n) is 2.95. The van der Waals surface area contributed by atoms with Gasteiger partial charge in [-0.1, -0.05) is 17.7 Å². The second-order valence-corrected chi connectivity index (χ2v) is 10.3. The van der Waals surface area contributed by atoms with Crippen LogP contribution in [0, 0.1) is 0 Å². The molecular weight excluding hydrogens is 402 g/mol. The van der Waals surface area contributed by atoms with Gasteiger partial charge < -0.3 is 9.84 Å². The second kappa shape index (κ2) is 10.3. The summed E-state index contributed by atoms with van der Waals surface area (Å²) in [7, 11) is -3.55. The summed E-state index contributed by atoms with van der Waals surface area (Å²) in [5.41, 5.74) is -0.252. The molecule has 9 heteroatoms. The van der Waals surface area contributed by atoms with Crippen LogP contribution in [-0.4, -0.2) is 87.4 Å². The van der Waals surface area contributed by atoms with Crippen molar-refractivity contribution < 1.29 is 18.3 Å². The minimum absolute atomic E-state index is 0.177. The second-order valence-electron chi connectivity index (χ2n) is 8.07. The molecule has 0 bridgehead atoms. The van der Waals surface area contributed by atoms with Crippen LogP contribution in [0.1, 0.15) is 20.8 Å². The predicted octanol–water partition coefficient (Wildman–Crippen LogP) is 1.41. The number of benzene rings is 1. The van der Waals surface area contributed by atoms with Crippen molar-refractivity contribution in [3.05, 3.63) is 29.3 Å². The normalized spacial score (nSPS) is 18.3. The minimum Gasteiger partial charge on any atom is -0.389 e. The molecule has 28 heavy (non-hydrogen) atoms. The number of nitrogens with zero attached hydrogens (tertiary/aromatic N) is 2. The van der Waals surface area contributed by atoms with Gasteiger partial charge in [0.15, 0.2) is 0 Å². The standard InChI is InChI=1S/C19H32ClN3O4S/c1-19(2,3)27-15-17(24)14-23-11-9-22(10-12-23)8-7-21-28(25,26)18-6-4-5-16(20)13-18/h4-6,13,17,21,24H,7-12,14-15H2,1-3H3. The molecule has 0 saturated carbocycles. The zero-order valence-corrected chi connectivity index (χ0v) is 18.5. The Hall–Kier alpha value is -0.740. The van der Waals surface area contributed by atoms with Crippen molar-refractivity contribution in [2.45, 2.75) is 37.4 Å². The molecule has 0 spiro atoms. The summed E-state index contributed by atoms with van der Waals surface area (Å²) in [4.78, 5) is 4.61. The lowest BCUT2D eigenvalue weighted by Gasteiger charge is -2.35. The zero-order valence-electron chi connectivity index (χ0n) is 16.9. The average Bonchev–Trinajstić information content (AvgIpc) is 2.61. The highest BCUT2D eigenvalue weighted by Crippen LogP contribution is 2.15. The quantitative estimate of drug-likeness (QED) is 0.612. The minimum atomic E-state index is -3.55. The van der Waals surface area contributed by atoms with Crippen molar-refractivity contribution in [1.82, 2.24) is 14.5 Å². The number of aliphatic hydroxyl groups excluding tert-OH is 1. The molecule has 1 heterocycles. The van der Waals surface area contributed by atoms with Crippen LogP contribution < -0.4 is 4.72 Å². The molecule has 1 aliphatic rings. The van der Waals surface area contributed by atoms with Crippen molar-refractivity contribution in [1.29, 1.82) is 0 Å². The maximum Gasteiger partial charge on any atom is 0.240 e. The highest BCUT2D eigenvalue weighted by Gasteiger charge is 2.21. The summed E-state index contributed by atoms with van der Waals surface area (Å²) in [6, 6.07) is 6.24. The molecule has 2 rings (SSSR count). The maximum absolute atomic E-state index is 12.3. The van der Waals surface area contributed by atoms with E-state index < -0.39 is 16.1 Å². The molecular formula is C19H32ClN3O4S. The molecule has 1 saturated heterocycles. The third kappa shape index (κ3) is 8.32. The van der Waals surface area contributed by atoms with E-state index in [4.69, 9.17) is 16.3 Å². The molecule has 2 N–H and O–H groups in total. The van der Waals surface area contributed by atoms with E-state index in [-0.39, 0.29) is 10.5 Å². The van der Waals surface area contributed by atoms with Crippen molar-refractivity contribution >= 4 is 21.6 Å². The lowest BCUT2D eigenvalue weighted by Crippen LogP contribution is -2.50. The first-order valence-electron chi connectivity index (χ1n) is 9.57. The summed E-state index contributed by atoms with van der Waals surface area (Å²) in [6.45, 7) is 11.2. The van der Waals surface area contributed by atoms with Gasteiger partial charge in [-0.25, -0.2) is 13.1 Å². The lowest BCUT2D eigenvalue weighted by molar-refractivity contribution is -0.0585. The summed E-state index contributed by atoms with van der Waals surface area (Å²) >= 11 is 5.87. The number of β-amino-alcohol motifs (C(OH)–C–C–N with tert-alkyl or cyclic N) is 1. The number of aliphatic hydroxyl groups is 1. The van der Waals surface area contributed by atoms with Crippen molar-refractivity contribution in [2.75, 3.05) is 52.4 Å². The molecule has 160 valence electrons. The predicted molar refractivity (Wildman–Crippen MR) is 111 cm³/mol. The summed E-state index contributed by atoms with van der Waals surface area (Å²) in [5.74, 6) is 0. The monoisotopic (exact) mass is 433 g/mol. The molecule has 1 aliphatic heterocycles. The summed E-state index contributed by atoms with van der Waals surface area (Å²) in [6.07, 6.45) is -0.504. The van der Waals surface area contributed by atoms with E-state index in [1.807, 2.05) is 20.8 Å². The van der Waals surface area contributed by atoms with Gasteiger partial charge >= 0.3 is 0 Å². The van der Waals surface area contributed by atoms with Gasteiger partial charge in [0.25, 0.3) is 0 Å². The van der Waals surface area contributed by atoms with Gasteiger partial charge in [0, 0.05) is 50.8 Å². The highest BCUT2D eigenvalue weighted by molar-refractivity contribution is 7.89. The fourth-order valence-corrected chi connectivity index (χ4v) is 4.27. The first-order valence-corrected chi connectivity index (χ1v) is 11.4. The zero-order chi connectivity index (χ0) is 20.8. The number of rotatable bonds is 9. The Kier molecular flexibility index (Phi) is 8.69. The van der Waals surface area contributed by atoms with Gasteiger partial charge in [0.05, 0.1) is 23.2 Å². The van der Waals surface area contributed by atoms with Crippen LogP contribution in [0.15, 0.2) is 29.2 Å². The van der Waals surface area contributed by atoms with E-state index in [0.717, 1.165) is 26.2 Å². The average molecular weight is 434 g/mol. The molecule has 0 radical (unpaired) electrons. The first-order chi connectivity index (χ1) is 13.0. The van der Waals surface area contributed by atoms with Crippen LogP contribution in [0.25, 0.3) is 0 Å². The van der Waals surface area contributed by atoms with Gasteiger partial charge in [-0.2, -0.15) is 0 Å². The van der Waals surface area contributed by atoms with Crippen molar-refractivity contribution in [3.63, 3.8) is 0 Å². The number of sulfonamides is 1. The summed E-state index contributed by atoms with van der Waals surface area (Å²) in [5, 5.41) is 10.5. The Balaban J connectivity index is 1.67. The SMILES string of the molecule is CC(C)(C)OCC(O)CN1CCN(CCNS(=O)(=O)c2cccc(Cl)c2)CC1. The molecule has 1 fully saturated rings. The Morgan fingerprint density at radius 1 is 1.21 bits per heavy atom. The van der Waals surface area contributed by atoms with Gasteiger partial charge in [-0.3, -0.25) is 9.80 Å². The molecule has 1 atom stereocenters. The van der Waals surface area contributed by atoms with E-state index in [1.54, 1.807) is 12.1 Å². The topological polar surface area (TPSA) is 82.1 Å². The molecule has 7 nitrogen and oxygen atoms in total. The molecule has 0 aromatic heterocycles. The van der Waals surface area contributed by atoms with Crippen LogP contribution in [0.5, 0.6) is 0 Å². The van der Waals surface area contributed by atoms with E-state index in [1.165, 1.54) is 12.1 Å². The molecule has 1 aromatic rings. The Morgan fingerprint density at radius 3 is 2.46 bits per heavy atom. The number of halogens is 1. The van der Waals surface area contributed by atoms with Crippen LogP contribution in [0.4, 0.5) is 0 Å². The van der Waals surface area contributed by atoms with Crippen LogP contribution in [0.3, 0.4) is 0 Å². The number of hydrogen-bond acceptors (Lipinski definition) is 6. The van der Waals surface area contributed by atoms with E-state index in [0.29, 0.717) is 31.3 Å². The number of nitrogens with one attached hydrogen (secondary N) is 1. The number of piperazine rings is 1. The Morgan fingerprint density at radius 2 is 1.86 bits per heavy atom. The molecule has 1 aromatic carbocycles. The lowest BCUT2D eigenvalue weighted by atomic mass is 10.2. The van der Waals surface area contributed by atoms with E-state index >= 15 is 0 Å². The number of hydrogen-bond donors (Lipinski definition) is 2. The van der Waals surface area contributed by atoms with Crippen LogP contribution in [0.2, 0.25) is 5.02 Å². The molecule has 0 amide bonds. The van der Waals surface area contributed by atoms with Crippen molar-refractivity contribution in [2.24, 2.45) is 0 Å². The maximum atomic E-state index is 12.3. The smallest absolute Gasteiger partial charge is 0.240 e. The Labute approximate surface area is 173 Å². The Bertz CT molecular complexity index is 716. The van der Waals surface area contributed by atoms with Gasteiger partial charge in [0.1, 0.15) is 0 Å². The largest absolute Gasteiger partial charge is 0.389 e.